The van der Waals surface area contributed by atoms with E-state index in [-0.39, 0.29) is 5.91 Å². The standard InChI is InChI=1S/C16H26N2O2/c1-3-4-11-20-15-7-5-14(6-8-15)16(19)18-12-13(2)9-10-17/h5-8,13H,3-4,9-12,17H2,1-2H3,(H,18,19). The van der Waals surface area contributed by atoms with Crippen LogP contribution in [0.3, 0.4) is 0 Å². The number of benzene rings is 1. The maximum Gasteiger partial charge on any atom is 0.251 e. The van der Waals surface area contributed by atoms with Crippen LogP contribution < -0.4 is 15.8 Å². The average molecular weight is 278 g/mol. The number of nitrogens with two attached hydrogens (primary N) is 1. The molecular formula is C16H26N2O2. The van der Waals surface area contributed by atoms with E-state index < -0.39 is 0 Å². The van der Waals surface area contributed by atoms with Gasteiger partial charge in [-0.15, -0.1) is 0 Å². The summed E-state index contributed by atoms with van der Waals surface area (Å²) >= 11 is 0. The summed E-state index contributed by atoms with van der Waals surface area (Å²) in [6.45, 7) is 6.24. The molecule has 3 N–H and O–H groups in total. The van der Waals surface area contributed by atoms with Crippen molar-refractivity contribution in [2.24, 2.45) is 11.7 Å². The van der Waals surface area contributed by atoms with Crippen LogP contribution in [0.1, 0.15) is 43.5 Å². The first kappa shape index (κ1) is 16.5. The van der Waals surface area contributed by atoms with E-state index in [2.05, 4.69) is 19.2 Å². The highest BCUT2D eigenvalue weighted by molar-refractivity contribution is 5.94. The lowest BCUT2D eigenvalue weighted by Crippen LogP contribution is -2.29. The van der Waals surface area contributed by atoms with Gasteiger partial charge in [-0.2, -0.15) is 0 Å². The van der Waals surface area contributed by atoms with Gasteiger partial charge in [0.2, 0.25) is 0 Å². The van der Waals surface area contributed by atoms with Crippen LogP contribution >= 0.6 is 0 Å². The van der Waals surface area contributed by atoms with Gasteiger partial charge >= 0.3 is 0 Å². The highest BCUT2D eigenvalue weighted by atomic mass is 16.5. The van der Waals surface area contributed by atoms with Crippen molar-refractivity contribution in [2.75, 3.05) is 19.7 Å². The van der Waals surface area contributed by atoms with Gasteiger partial charge in [0.15, 0.2) is 0 Å². The molecule has 20 heavy (non-hydrogen) atoms. The maximum atomic E-state index is 11.9. The third-order valence-electron chi connectivity index (χ3n) is 3.15. The molecule has 0 saturated carbocycles. The first-order valence-corrected chi connectivity index (χ1v) is 7.38. The number of rotatable bonds is 9. The molecule has 1 atom stereocenters. The third-order valence-corrected chi connectivity index (χ3v) is 3.15. The lowest BCUT2D eigenvalue weighted by molar-refractivity contribution is 0.0947. The lowest BCUT2D eigenvalue weighted by atomic mass is 10.1. The minimum absolute atomic E-state index is 0.0472. The summed E-state index contributed by atoms with van der Waals surface area (Å²) in [5.74, 6) is 1.17. The fourth-order valence-corrected chi connectivity index (χ4v) is 1.79. The van der Waals surface area contributed by atoms with Gasteiger partial charge in [-0.05, 0) is 49.6 Å². The van der Waals surface area contributed by atoms with Gasteiger partial charge in [-0.3, -0.25) is 4.79 Å². The SMILES string of the molecule is CCCCOc1ccc(C(=O)NCC(C)CCN)cc1. The summed E-state index contributed by atoms with van der Waals surface area (Å²) in [4.78, 5) is 11.9. The zero-order valence-corrected chi connectivity index (χ0v) is 12.5. The molecule has 1 amide bonds. The Morgan fingerprint density at radius 1 is 1.35 bits per heavy atom. The van der Waals surface area contributed by atoms with E-state index in [0.29, 0.717) is 24.6 Å². The molecule has 4 nitrogen and oxygen atoms in total. The molecule has 0 aliphatic heterocycles. The van der Waals surface area contributed by atoms with Crippen molar-refractivity contribution in [1.29, 1.82) is 0 Å². The van der Waals surface area contributed by atoms with Crippen molar-refractivity contribution in [3.63, 3.8) is 0 Å². The van der Waals surface area contributed by atoms with Gasteiger partial charge in [-0.25, -0.2) is 0 Å². The summed E-state index contributed by atoms with van der Waals surface area (Å²) in [5, 5.41) is 2.92. The molecule has 1 aromatic rings. The van der Waals surface area contributed by atoms with Crippen LogP contribution in [0.2, 0.25) is 0 Å². The fraction of sp³-hybridized carbons (Fsp3) is 0.562. The smallest absolute Gasteiger partial charge is 0.251 e. The largest absolute Gasteiger partial charge is 0.494 e. The van der Waals surface area contributed by atoms with Crippen LogP contribution in [0.15, 0.2) is 24.3 Å². The van der Waals surface area contributed by atoms with Crippen molar-refractivity contribution in [2.45, 2.75) is 33.1 Å². The van der Waals surface area contributed by atoms with Gasteiger partial charge in [0.1, 0.15) is 5.75 Å². The molecule has 0 saturated heterocycles. The van der Waals surface area contributed by atoms with Crippen LogP contribution in [0.4, 0.5) is 0 Å². The zero-order chi connectivity index (χ0) is 14.8. The highest BCUT2D eigenvalue weighted by Crippen LogP contribution is 2.12. The van der Waals surface area contributed by atoms with Crippen molar-refractivity contribution in [1.82, 2.24) is 5.32 Å². The number of carbonyl (C=O) groups excluding carboxylic acids is 1. The molecule has 0 heterocycles. The number of hydrogen-bond acceptors (Lipinski definition) is 3. The second kappa shape index (κ2) is 9.37. The molecule has 0 aliphatic rings. The molecule has 0 aliphatic carbocycles. The Bertz CT molecular complexity index is 390. The quantitative estimate of drug-likeness (QED) is 0.682. The molecule has 0 fully saturated rings. The number of unbranched alkanes of at least 4 members (excludes halogenated alkanes) is 1. The molecule has 1 aromatic carbocycles. The van der Waals surface area contributed by atoms with Gasteiger partial charge in [0.05, 0.1) is 6.61 Å². The highest BCUT2D eigenvalue weighted by Gasteiger charge is 2.07. The van der Waals surface area contributed by atoms with E-state index in [0.717, 1.165) is 31.6 Å². The fourth-order valence-electron chi connectivity index (χ4n) is 1.79. The number of ether oxygens (including phenoxy) is 1. The minimum atomic E-state index is -0.0472. The average Bonchev–Trinajstić information content (AvgIpc) is 2.46. The summed E-state index contributed by atoms with van der Waals surface area (Å²) < 4.78 is 5.57. The number of amides is 1. The Labute approximate surface area is 121 Å². The molecule has 4 heteroatoms. The molecule has 0 radical (unpaired) electrons. The second-order valence-electron chi connectivity index (χ2n) is 5.12. The third kappa shape index (κ3) is 6.06. The predicted octanol–water partition coefficient (Wildman–Crippen LogP) is 2.58. The molecular weight excluding hydrogens is 252 g/mol. The van der Waals surface area contributed by atoms with Gasteiger partial charge in [0.25, 0.3) is 5.91 Å². The topological polar surface area (TPSA) is 64.3 Å². The normalized spacial score (nSPS) is 11.9. The lowest BCUT2D eigenvalue weighted by Gasteiger charge is -2.11. The van der Waals surface area contributed by atoms with Crippen molar-refractivity contribution in [3.8, 4) is 5.75 Å². The molecule has 1 unspecified atom stereocenters. The zero-order valence-electron chi connectivity index (χ0n) is 12.5. The minimum Gasteiger partial charge on any atom is -0.494 e. The van der Waals surface area contributed by atoms with Crippen LogP contribution in [-0.2, 0) is 0 Å². The Hall–Kier alpha value is -1.55. The van der Waals surface area contributed by atoms with E-state index in [1.165, 1.54) is 0 Å². The Balaban J connectivity index is 2.40. The van der Waals surface area contributed by atoms with E-state index in [9.17, 15) is 4.79 Å². The molecule has 1 rings (SSSR count). The summed E-state index contributed by atoms with van der Waals surface area (Å²) in [6.07, 6.45) is 3.08. The molecule has 0 aromatic heterocycles. The second-order valence-corrected chi connectivity index (χ2v) is 5.12. The van der Waals surface area contributed by atoms with E-state index >= 15 is 0 Å². The van der Waals surface area contributed by atoms with Crippen LogP contribution in [0.5, 0.6) is 5.75 Å². The van der Waals surface area contributed by atoms with Gasteiger partial charge < -0.3 is 15.8 Å². The van der Waals surface area contributed by atoms with E-state index in [1.54, 1.807) is 12.1 Å². The summed E-state index contributed by atoms with van der Waals surface area (Å²) in [5.41, 5.74) is 6.15. The van der Waals surface area contributed by atoms with Crippen LogP contribution in [0.25, 0.3) is 0 Å². The van der Waals surface area contributed by atoms with E-state index in [4.69, 9.17) is 10.5 Å². The molecule has 0 bridgehead atoms. The van der Waals surface area contributed by atoms with Crippen LogP contribution in [0, 0.1) is 5.92 Å². The van der Waals surface area contributed by atoms with Crippen molar-refractivity contribution < 1.29 is 9.53 Å². The Morgan fingerprint density at radius 2 is 2.05 bits per heavy atom. The van der Waals surface area contributed by atoms with Gasteiger partial charge in [0, 0.05) is 12.1 Å². The van der Waals surface area contributed by atoms with Crippen LogP contribution in [-0.4, -0.2) is 25.6 Å². The molecule has 112 valence electrons. The summed E-state index contributed by atoms with van der Waals surface area (Å²) in [6, 6.07) is 7.27. The molecule has 0 spiro atoms. The predicted molar refractivity (Wildman–Crippen MR) is 82.0 cm³/mol. The summed E-state index contributed by atoms with van der Waals surface area (Å²) in [7, 11) is 0. The maximum absolute atomic E-state index is 11.9. The van der Waals surface area contributed by atoms with Gasteiger partial charge in [-0.1, -0.05) is 20.3 Å². The number of carbonyl (C=O) groups is 1. The first-order valence-electron chi connectivity index (χ1n) is 7.38. The number of hydrogen-bond donors (Lipinski definition) is 2. The van der Waals surface area contributed by atoms with E-state index in [1.807, 2.05) is 12.1 Å². The van der Waals surface area contributed by atoms with Crippen molar-refractivity contribution in [3.05, 3.63) is 29.8 Å². The monoisotopic (exact) mass is 278 g/mol. The van der Waals surface area contributed by atoms with Crippen molar-refractivity contribution >= 4 is 5.91 Å². The Morgan fingerprint density at radius 3 is 2.65 bits per heavy atom. The number of nitrogens with one attached hydrogen (secondary N) is 1. The first-order chi connectivity index (χ1) is 9.67. The Kier molecular flexibility index (Phi) is 7.73.